The molecule has 2 heterocycles. The highest BCUT2D eigenvalue weighted by molar-refractivity contribution is 9.11. The number of alkyl carbamates (subject to hydrolysis) is 1. The highest BCUT2D eigenvalue weighted by Gasteiger charge is 2.37. The SMILES string of the molecule is COC(=O)NC(C(=O)N1CCCC1c1ncc(C2=CC3=C(C=C(Br)CC3)CC2)[nH]1)C(C)C. The van der Waals surface area contributed by atoms with E-state index < -0.39 is 12.1 Å². The number of hydrogen-bond donors (Lipinski definition) is 2. The van der Waals surface area contributed by atoms with Gasteiger partial charge in [-0.25, -0.2) is 9.78 Å². The van der Waals surface area contributed by atoms with E-state index >= 15 is 0 Å². The number of likely N-dealkylation sites (tertiary alicyclic amines) is 1. The predicted octanol–water partition coefficient (Wildman–Crippen LogP) is 5.00. The van der Waals surface area contributed by atoms with Crippen LogP contribution in [-0.4, -0.2) is 46.6 Å². The molecule has 32 heavy (non-hydrogen) atoms. The Kier molecular flexibility index (Phi) is 6.88. The first kappa shape index (κ1) is 22.8. The first-order valence-corrected chi connectivity index (χ1v) is 12.2. The van der Waals surface area contributed by atoms with Gasteiger partial charge in [0.1, 0.15) is 11.9 Å². The van der Waals surface area contributed by atoms with Crippen molar-refractivity contribution in [3.63, 3.8) is 0 Å². The first-order valence-electron chi connectivity index (χ1n) is 11.4. The number of allylic oxidation sites excluding steroid dienone is 6. The number of imidazole rings is 1. The lowest BCUT2D eigenvalue weighted by molar-refractivity contribution is -0.135. The average Bonchev–Trinajstić information content (AvgIpc) is 3.45. The second-order valence-corrected chi connectivity index (χ2v) is 10.1. The van der Waals surface area contributed by atoms with E-state index in [1.807, 2.05) is 24.9 Å². The molecule has 2 atom stereocenters. The molecule has 1 fully saturated rings. The maximum Gasteiger partial charge on any atom is 0.407 e. The lowest BCUT2D eigenvalue weighted by Crippen LogP contribution is -2.51. The summed E-state index contributed by atoms with van der Waals surface area (Å²) in [5.74, 6) is 0.685. The Labute approximate surface area is 197 Å². The Balaban J connectivity index is 1.52. The molecule has 2 amide bonds. The van der Waals surface area contributed by atoms with Crippen LogP contribution in [-0.2, 0) is 9.53 Å². The Morgan fingerprint density at radius 2 is 1.97 bits per heavy atom. The largest absolute Gasteiger partial charge is 0.453 e. The second kappa shape index (κ2) is 9.65. The summed E-state index contributed by atoms with van der Waals surface area (Å²) in [5.41, 5.74) is 5.15. The number of halogens is 1. The molecule has 2 aliphatic carbocycles. The van der Waals surface area contributed by atoms with Gasteiger partial charge in [0, 0.05) is 6.54 Å². The molecule has 1 aliphatic heterocycles. The Morgan fingerprint density at radius 3 is 2.72 bits per heavy atom. The van der Waals surface area contributed by atoms with E-state index in [0.29, 0.717) is 6.54 Å². The molecule has 8 heteroatoms. The first-order chi connectivity index (χ1) is 15.4. The fraction of sp³-hybridized carbons (Fsp3) is 0.542. The van der Waals surface area contributed by atoms with Crippen LogP contribution in [0.4, 0.5) is 4.79 Å². The van der Waals surface area contributed by atoms with Crippen molar-refractivity contribution >= 4 is 33.5 Å². The quantitative estimate of drug-likeness (QED) is 0.592. The lowest BCUT2D eigenvalue weighted by atomic mass is 9.86. The number of nitrogens with one attached hydrogen (secondary N) is 2. The van der Waals surface area contributed by atoms with E-state index in [-0.39, 0.29) is 17.9 Å². The van der Waals surface area contributed by atoms with Gasteiger partial charge in [0.15, 0.2) is 0 Å². The van der Waals surface area contributed by atoms with Crippen LogP contribution >= 0.6 is 15.9 Å². The molecule has 172 valence electrons. The Bertz CT molecular complexity index is 991. The van der Waals surface area contributed by atoms with Gasteiger partial charge in [-0.1, -0.05) is 35.9 Å². The van der Waals surface area contributed by atoms with Gasteiger partial charge in [0.25, 0.3) is 0 Å². The van der Waals surface area contributed by atoms with Gasteiger partial charge < -0.3 is 19.9 Å². The van der Waals surface area contributed by atoms with Crippen molar-refractivity contribution in [1.82, 2.24) is 20.2 Å². The van der Waals surface area contributed by atoms with Crippen LogP contribution < -0.4 is 5.32 Å². The smallest absolute Gasteiger partial charge is 0.407 e. The number of aromatic amines is 1. The zero-order chi connectivity index (χ0) is 22.8. The molecule has 2 N–H and O–H groups in total. The monoisotopic (exact) mass is 502 g/mol. The van der Waals surface area contributed by atoms with Crippen LogP contribution in [0.3, 0.4) is 0 Å². The van der Waals surface area contributed by atoms with Gasteiger partial charge in [-0.3, -0.25) is 4.79 Å². The maximum absolute atomic E-state index is 13.3. The third-order valence-corrected chi connectivity index (χ3v) is 7.20. The van der Waals surface area contributed by atoms with Crippen LogP contribution in [0.15, 0.2) is 34.0 Å². The third-order valence-electron chi connectivity index (χ3n) is 6.57. The highest BCUT2D eigenvalue weighted by Crippen LogP contribution is 2.38. The van der Waals surface area contributed by atoms with E-state index in [0.717, 1.165) is 50.0 Å². The fourth-order valence-electron chi connectivity index (χ4n) is 4.79. The van der Waals surface area contributed by atoms with Crippen molar-refractivity contribution < 1.29 is 14.3 Å². The molecule has 0 saturated carbocycles. The van der Waals surface area contributed by atoms with Gasteiger partial charge in [-0.15, -0.1) is 0 Å². The van der Waals surface area contributed by atoms with Crippen LogP contribution in [0.2, 0.25) is 0 Å². The van der Waals surface area contributed by atoms with Crippen molar-refractivity contribution in [2.45, 2.75) is 64.5 Å². The van der Waals surface area contributed by atoms with Crippen LogP contribution in [0.5, 0.6) is 0 Å². The second-order valence-electron chi connectivity index (χ2n) is 9.04. The van der Waals surface area contributed by atoms with Crippen LogP contribution in [0.25, 0.3) is 5.57 Å². The Morgan fingerprint density at radius 1 is 1.22 bits per heavy atom. The number of nitrogens with zero attached hydrogens (tertiary/aromatic N) is 2. The summed E-state index contributed by atoms with van der Waals surface area (Å²) in [7, 11) is 1.31. The van der Waals surface area contributed by atoms with E-state index in [9.17, 15) is 9.59 Å². The van der Waals surface area contributed by atoms with Gasteiger partial charge in [0.05, 0.1) is 25.0 Å². The van der Waals surface area contributed by atoms with E-state index in [1.54, 1.807) is 0 Å². The van der Waals surface area contributed by atoms with Crippen molar-refractivity contribution in [3.05, 3.63) is 45.5 Å². The minimum absolute atomic E-state index is 0.0468. The summed E-state index contributed by atoms with van der Waals surface area (Å²) >= 11 is 3.63. The van der Waals surface area contributed by atoms with Crippen molar-refractivity contribution in [3.8, 4) is 0 Å². The molecular formula is C24H31BrN4O3. The molecule has 0 aromatic carbocycles. The molecule has 0 radical (unpaired) electrons. The number of hydrogen-bond acceptors (Lipinski definition) is 4. The third kappa shape index (κ3) is 4.70. The Hall–Kier alpha value is -2.35. The summed E-state index contributed by atoms with van der Waals surface area (Å²) in [6.45, 7) is 4.50. The van der Waals surface area contributed by atoms with Gasteiger partial charge in [-0.05, 0) is 71.7 Å². The maximum atomic E-state index is 13.3. The summed E-state index contributed by atoms with van der Waals surface area (Å²) in [6, 6.07) is -0.730. The minimum Gasteiger partial charge on any atom is -0.453 e. The molecule has 0 spiro atoms. The molecular weight excluding hydrogens is 472 g/mol. The molecule has 1 aromatic rings. The number of aromatic nitrogens is 2. The number of H-pyrrole nitrogens is 1. The number of ether oxygens (including phenoxy) is 1. The number of carbonyl (C=O) groups excluding carboxylic acids is 2. The van der Waals surface area contributed by atoms with Crippen molar-refractivity contribution in [1.29, 1.82) is 0 Å². The zero-order valence-corrected chi connectivity index (χ0v) is 20.5. The normalized spacial score (nSPS) is 21.8. The molecule has 1 aromatic heterocycles. The van der Waals surface area contributed by atoms with Gasteiger partial charge >= 0.3 is 6.09 Å². The number of amides is 2. The van der Waals surface area contributed by atoms with Crippen molar-refractivity contribution in [2.24, 2.45) is 5.92 Å². The molecule has 3 aliphatic rings. The van der Waals surface area contributed by atoms with Gasteiger partial charge in [-0.2, -0.15) is 0 Å². The minimum atomic E-state index is -0.623. The number of rotatable bonds is 5. The summed E-state index contributed by atoms with van der Waals surface area (Å²) in [6.07, 6.45) is 11.8. The molecule has 1 saturated heterocycles. The lowest BCUT2D eigenvalue weighted by Gasteiger charge is -2.30. The predicted molar refractivity (Wildman–Crippen MR) is 127 cm³/mol. The molecule has 7 nitrogen and oxygen atoms in total. The van der Waals surface area contributed by atoms with E-state index in [2.05, 4.69) is 43.4 Å². The average molecular weight is 503 g/mol. The van der Waals surface area contributed by atoms with Crippen molar-refractivity contribution in [2.75, 3.05) is 13.7 Å². The molecule has 2 unspecified atom stereocenters. The van der Waals surface area contributed by atoms with E-state index in [1.165, 1.54) is 28.3 Å². The molecule has 0 bridgehead atoms. The topological polar surface area (TPSA) is 87.3 Å². The van der Waals surface area contributed by atoms with E-state index in [4.69, 9.17) is 4.74 Å². The summed E-state index contributed by atoms with van der Waals surface area (Å²) in [4.78, 5) is 35.1. The van der Waals surface area contributed by atoms with Crippen LogP contribution in [0, 0.1) is 5.92 Å². The fourth-order valence-corrected chi connectivity index (χ4v) is 5.27. The zero-order valence-electron chi connectivity index (χ0n) is 18.9. The van der Waals surface area contributed by atoms with Gasteiger partial charge in [0.2, 0.25) is 5.91 Å². The highest BCUT2D eigenvalue weighted by atomic mass is 79.9. The van der Waals surface area contributed by atoms with Crippen LogP contribution in [0.1, 0.15) is 69.9 Å². The standard InChI is InChI=1S/C24H31BrN4O3/c1-14(2)21(28-24(31)32-3)23(30)29-10-4-5-20(29)22-26-13-19(27-22)17-7-6-16-12-18(25)9-8-15(16)11-17/h11-14,20-21H,4-10H2,1-3H3,(H,26,27)(H,28,31). The number of methoxy groups -OCH3 is 1. The summed E-state index contributed by atoms with van der Waals surface area (Å²) < 4.78 is 6.00. The molecule has 4 rings (SSSR count). The number of carbonyl (C=O) groups is 2. The summed E-state index contributed by atoms with van der Waals surface area (Å²) in [5, 5.41) is 2.70.